The van der Waals surface area contributed by atoms with Crippen LogP contribution < -0.4 is 5.32 Å². The fourth-order valence-corrected chi connectivity index (χ4v) is 3.02. The van der Waals surface area contributed by atoms with Gasteiger partial charge >= 0.3 is 6.03 Å². The zero-order valence-corrected chi connectivity index (χ0v) is 16.9. The molecule has 9 heteroatoms. The minimum absolute atomic E-state index is 0.136. The highest BCUT2D eigenvalue weighted by molar-refractivity contribution is 5.75. The van der Waals surface area contributed by atoms with E-state index >= 15 is 0 Å². The molecule has 150 valence electrons. The summed E-state index contributed by atoms with van der Waals surface area (Å²) in [5.74, 6) is 1.55. The molecule has 0 aromatic carbocycles. The van der Waals surface area contributed by atoms with Crippen LogP contribution >= 0.6 is 0 Å². The Morgan fingerprint density at radius 2 is 2.07 bits per heavy atom. The lowest BCUT2D eigenvalue weighted by atomic mass is 9.95. The number of urea groups is 1. The Kier molecular flexibility index (Phi) is 4.73. The summed E-state index contributed by atoms with van der Waals surface area (Å²) >= 11 is 0. The van der Waals surface area contributed by atoms with Crippen molar-refractivity contribution in [2.45, 2.75) is 52.2 Å². The smallest absolute Gasteiger partial charge is 0.318 e. The highest BCUT2D eigenvalue weighted by Crippen LogP contribution is 2.25. The Morgan fingerprint density at radius 3 is 2.79 bits per heavy atom. The molecule has 9 nitrogen and oxygen atoms in total. The molecular formula is C20H23N7O2. The topological polar surface area (TPSA) is 110 Å². The van der Waals surface area contributed by atoms with Gasteiger partial charge in [0.2, 0.25) is 11.7 Å². The van der Waals surface area contributed by atoms with Crippen molar-refractivity contribution in [3.63, 3.8) is 0 Å². The lowest BCUT2D eigenvalue weighted by molar-refractivity contribution is 0.192. The molecule has 3 aromatic heterocycles. The predicted molar refractivity (Wildman–Crippen MR) is 104 cm³/mol. The third-order valence-electron chi connectivity index (χ3n) is 4.69. The van der Waals surface area contributed by atoms with Crippen LogP contribution in [0.25, 0.3) is 11.4 Å². The predicted octanol–water partition coefficient (Wildman–Crippen LogP) is 3.01. The molecule has 4 rings (SSSR count). The molecule has 1 aliphatic heterocycles. The van der Waals surface area contributed by atoms with E-state index in [0.29, 0.717) is 24.8 Å². The van der Waals surface area contributed by atoms with Gasteiger partial charge in [-0.1, -0.05) is 25.9 Å². The fourth-order valence-electron chi connectivity index (χ4n) is 3.02. The van der Waals surface area contributed by atoms with Gasteiger partial charge in [0.1, 0.15) is 11.9 Å². The Balaban J connectivity index is 1.41. The van der Waals surface area contributed by atoms with Gasteiger partial charge < -0.3 is 14.7 Å². The van der Waals surface area contributed by atoms with Crippen molar-refractivity contribution >= 4 is 6.03 Å². The maximum absolute atomic E-state index is 12.7. The lowest BCUT2D eigenvalue weighted by Gasteiger charge is -2.18. The van der Waals surface area contributed by atoms with E-state index in [1.165, 1.54) is 0 Å². The minimum Gasteiger partial charge on any atom is -0.337 e. The lowest BCUT2D eigenvalue weighted by Crippen LogP contribution is -2.38. The maximum Gasteiger partial charge on any atom is 0.318 e. The molecule has 3 aromatic rings. The van der Waals surface area contributed by atoms with E-state index in [4.69, 9.17) is 4.52 Å². The van der Waals surface area contributed by atoms with Gasteiger partial charge in [0.25, 0.3) is 0 Å². The number of nitrogens with one attached hydrogen (secondary N) is 1. The van der Waals surface area contributed by atoms with Gasteiger partial charge in [-0.25, -0.2) is 14.8 Å². The number of rotatable bonds is 3. The van der Waals surface area contributed by atoms with Crippen LogP contribution in [-0.2, 0) is 18.5 Å². The maximum atomic E-state index is 12.7. The van der Waals surface area contributed by atoms with E-state index < -0.39 is 6.04 Å². The fraction of sp³-hybridized carbons (Fsp3) is 0.400. The molecule has 1 atom stereocenters. The zero-order chi connectivity index (χ0) is 20.6. The molecule has 0 bridgehead atoms. The van der Waals surface area contributed by atoms with Crippen molar-refractivity contribution < 1.29 is 9.32 Å². The number of aromatic nitrogens is 5. The van der Waals surface area contributed by atoms with Crippen LogP contribution in [0.1, 0.15) is 56.7 Å². The Bertz CT molecular complexity index is 1030. The summed E-state index contributed by atoms with van der Waals surface area (Å²) in [4.78, 5) is 31.9. The molecule has 1 aliphatic rings. The second-order valence-electron chi connectivity index (χ2n) is 8.14. The first-order valence-electron chi connectivity index (χ1n) is 9.46. The second-order valence-corrected chi connectivity index (χ2v) is 8.14. The van der Waals surface area contributed by atoms with Crippen molar-refractivity contribution in [1.29, 1.82) is 0 Å². The average Bonchev–Trinajstić information content (AvgIpc) is 3.34. The second kappa shape index (κ2) is 7.23. The standard InChI is InChI=1S/C20H23N7O2/c1-12(17-25-16(26-29-17)13-6-5-7-21-8-13)23-19(28)27-10-14-9-22-18(20(2,3)4)24-15(14)11-27/h5-9,12H,10-11H2,1-4H3,(H,23,28). The Hall–Kier alpha value is -3.36. The molecule has 1 unspecified atom stereocenters. The minimum atomic E-state index is -0.430. The molecule has 4 heterocycles. The van der Waals surface area contributed by atoms with Crippen molar-refractivity contribution in [3.05, 3.63) is 53.7 Å². The summed E-state index contributed by atoms with van der Waals surface area (Å²) in [6.45, 7) is 8.94. The van der Waals surface area contributed by atoms with E-state index in [-0.39, 0.29) is 11.4 Å². The summed E-state index contributed by atoms with van der Waals surface area (Å²) in [5.41, 5.74) is 2.48. The van der Waals surface area contributed by atoms with Crippen molar-refractivity contribution in [2.24, 2.45) is 0 Å². The van der Waals surface area contributed by atoms with Gasteiger partial charge in [-0.15, -0.1) is 0 Å². The van der Waals surface area contributed by atoms with Crippen molar-refractivity contribution in [2.75, 3.05) is 0 Å². The van der Waals surface area contributed by atoms with Crippen LogP contribution in [0.3, 0.4) is 0 Å². The van der Waals surface area contributed by atoms with Crippen molar-refractivity contribution in [1.82, 2.24) is 35.3 Å². The molecule has 0 spiro atoms. The molecule has 0 saturated carbocycles. The van der Waals surface area contributed by atoms with Crippen LogP contribution in [0.15, 0.2) is 35.2 Å². The van der Waals surface area contributed by atoms with E-state index in [1.807, 2.05) is 12.3 Å². The molecule has 0 fully saturated rings. The number of fused-ring (bicyclic) bond motifs is 1. The summed E-state index contributed by atoms with van der Waals surface area (Å²) < 4.78 is 5.31. The van der Waals surface area contributed by atoms with Crippen LogP contribution in [0.5, 0.6) is 0 Å². The molecule has 0 aliphatic carbocycles. The number of hydrogen-bond donors (Lipinski definition) is 1. The average molecular weight is 393 g/mol. The first kappa shape index (κ1) is 19.0. The highest BCUT2D eigenvalue weighted by Gasteiger charge is 2.29. The van der Waals surface area contributed by atoms with Crippen LogP contribution in [0, 0.1) is 0 Å². The quantitative estimate of drug-likeness (QED) is 0.728. The molecule has 29 heavy (non-hydrogen) atoms. The van der Waals surface area contributed by atoms with E-state index in [0.717, 1.165) is 22.6 Å². The van der Waals surface area contributed by atoms with E-state index in [2.05, 4.69) is 51.2 Å². The first-order chi connectivity index (χ1) is 13.8. The summed E-state index contributed by atoms with van der Waals surface area (Å²) in [7, 11) is 0. The number of carbonyl (C=O) groups is 1. The summed E-state index contributed by atoms with van der Waals surface area (Å²) in [6.07, 6.45) is 5.15. The highest BCUT2D eigenvalue weighted by atomic mass is 16.5. The van der Waals surface area contributed by atoms with Gasteiger partial charge in [-0.05, 0) is 19.1 Å². The van der Waals surface area contributed by atoms with Gasteiger partial charge in [-0.3, -0.25) is 4.98 Å². The van der Waals surface area contributed by atoms with Crippen LogP contribution in [0.2, 0.25) is 0 Å². The normalized spacial score (nSPS) is 14.6. The molecule has 1 N–H and O–H groups in total. The Morgan fingerprint density at radius 1 is 1.24 bits per heavy atom. The largest absolute Gasteiger partial charge is 0.337 e. The van der Waals surface area contributed by atoms with Crippen molar-refractivity contribution in [3.8, 4) is 11.4 Å². The third kappa shape index (κ3) is 3.94. The number of hydrogen-bond acceptors (Lipinski definition) is 7. The first-order valence-corrected chi connectivity index (χ1v) is 9.46. The van der Waals surface area contributed by atoms with E-state index in [9.17, 15) is 4.79 Å². The van der Waals surface area contributed by atoms with Gasteiger partial charge in [0.15, 0.2) is 0 Å². The molecular weight excluding hydrogens is 370 g/mol. The van der Waals surface area contributed by atoms with Crippen LogP contribution in [-0.4, -0.2) is 36.0 Å². The van der Waals surface area contributed by atoms with Gasteiger partial charge in [-0.2, -0.15) is 4.98 Å². The molecule has 0 saturated heterocycles. The zero-order valence-electron chi connectivity index (χ0n) is 16.9. The number of pyridine rings is 1. The van der Waals surface area contributed by atoms with Gasteiger partial charge in [0.05, 0.1) is 18.8 Å². The SMILES string of the molecule is CC(NC(=O)N1Cc2cnc(C(C)(C)C)nc2C1)c1nc(-c2cccnc2)no1. The summed E-state index contributed by atoms with van der Waals surface area (Å²) in [5, 5.41) is 6.88. The number of amides is 2. The third-order valence-corrected chi connectivity index (χ3v) is 4.69. The van der Waals surface area contributed by atoms with Crippen LogP contribution in [0.4, 0.5) is 4.79 Å². The Labute approximate surface area is 168 Å². The monoisotopic (exact) mass is 393 g/mol. The van der Waals surface area contributed by atoms with Gasteiger partial charge in [0, 0.05) is 35.1 Å². The molecule has 0 radical (unpaired) electrons. The number of nitrogens with zero attached hydrogens (tertiary/aromatic N) is 6. The molecule has 2 amide bonds. The van der Waals surface area contributed by atoms with E-state index in [1.54, 1.807) is 30.3 Å². The summed E-state index contributed by atoms with van der Waals surface area (Å²) in [6, 6.07) is 3.00. The number of carbonyl (C=O) groups excluding carboxylic acids is 1.